The predicted molar refractivity (Wildman–Crippen MR) is 219 cm³/mol. The Morgan fingerprint density at radius 1 is 0.759 bits per heavy atom. The van der Waals surface area contributed by atoms with E-state index in [0.29, 0.717) is 60.9 Å². The van der Waals surface area contributed by atoms with E-state index < -0.39 is 23.9 Å². The van der Waals surface area contributed by atoms with E-state index in [9.17, 15) is 33.6 Å². The first-order valence-corrected chi connectivity index (χ1v) is 19.1. The predicted octanol–water partition coefficient (Wildman–Crippen LogP) is 6.45. The standard InChI is InChI=1S/C40H59N7O7.5H2/c1-24(2)13-12-15-33(48)42-30-21-32(46(8)23-30)38(52)44-29-18-16-28(17-19-29)43-37(51)27(7)41-39(53)36(26(5)6)45-34(49)14-10-9-11-20-47-35(50)22-31(25(3)4)40(47)54;;;;;/h16-19,21,23-27,31,36H,9-15,20,22H2,1-8H3,(H,41,53)(H,42,48)(H,43,51)(H,44,52)(H,45,49);5*1H/t27-,31?,36?;;;;;/m0...../s1. The van der Waals surface area contributed by atoms with Gasteiger partial charge in [0.15, 0.2) is 0 Å². The number of rotatable bonds is 20. The average molecular weight is 760 g/mol. The Morgan fingerprint density at radius 2 is 1.39 bits per heavy atom. The van der Waals surface area contributed by atoms with Gasteiger partial charge in [-0.1, -0.05) is 54.4 Å². The van der Waals surface area contributed by atoms with Gasteiger partial charge < -0.3 is 31.2 Å². The molecule has 2 unspecified atom stereocenters. The van der Waals surface area contributed by atoms with Gasteiger partial charge >= 0.3 is 0 Å². The third-order valence-corrected chi connectivity index (χ3v) is 9.50. The molecule has 0 radical (unpaired) electrons. The number of imide groups is 1. The topological polar surface area (TPSA) is 188 Å². The molecule has 2 aromatic rings. The summed E-state index contributed by atoms with van der Waals surface area (Å²) in [5, 5.41) is 13.9. The highest BCUT2D eigenvalue weighted by molar-refractivity contribution is 6.05. The molecule has 0 spiro atoms. The van der Waals surface area contributed by atoms with Gasteiger partial charge in [0.25, 0.3) is 5.91 Å². The van der Waals surface area contributed by atoms with Crippen LogP contribution in [0.4, 0.5) is 17.1 Å². The maximum Gasteiger partial charge on any atom is 0.272 e. The monoisotopic (exact) mass is 760 g/mol. The van der Waals surface area contributed by atoms with Crippen molar-refractivity contribution < 1.29 is 40.7 Å². The minimum atomic E-state index is -0.913. The Hall–Kier alpha value is -5.01. The van der Waals surface area contributed by atoms with Gasteiger partial charge in [0, 0.05) is 63.5 Å². The van der Waals surface area contributed by atoms with E-state index in [4.69, 9.17) is 0 Å². The molecule has 0 aliphatic carbocycles. The molecule has 3 atom stereocenters. The van der Waals surface area contributed by atoms with Gasteiger partial charge in [-0.25, -0.2) is 0 Å². The SMILES string of the molecule is CC(C)CCCC(=O)Nc1cc(C(=O)Nc2ccc(NC(=O)[C@H](C)NC(=O)C(NC(=O)CCCCCN3C(=O)CC(C(C)C)C3=O)C(C)C)cc2)n(C)c1.[HH].[HH].[HH].[HH].[HH]. The molecule has 1 saturated heterocycles. The van der Waals surface area contributed by atoms with Crippen LogP contribution in [0.15, 0.2) is 36.5 Å². The Morgan fingerprint density at radius 3 is 1.98 bits per heavy atom. The number of likely N-dealkylation sites (tertiary alicyclic amines) is 1. The summed E-state index contributed by atoms with van der Waals surface area (Å²) < 4.78 is 1.63. The van der Waals surface area contributed by atoms with E-state index in [2.05, 4.69) is 40.4 Å². The second-order valence-electron chi connectivity index (χ2n) is 15.3. The number of nitrogens with one attached hydrogen (secondary N) is 5. The number of benzene rings is 1. The summed E-state index contributed by atoms with van der Waals surface area (Å²) in [5.74, 6) is -1.83. The first kappa shape index (κ1) is 43.4. The van der Waals surface area contributed by atoms with Crippen LogP contribution in [-0.2, 0) is 35.8 Å². The van der Waals surface area contributed by atoms with E-state index in [1.54, 1.807) is 68.9 Å². The number of carbonyl (C=O) groups excluding carboxylic acids is 7. The van der Waals surface area contributed by atoms with Crippen LogP contribution < -0.4 is 26.6 Å². The summed E-state index contributed by atoms with van der Waals surface area (Å²) >= 11 is 0. The average Bonchev–Trinajstić information content (AvgIpc) is 3.60. The van der Waals surface area contributed by atoms with Crippen LogP contribution in [0, 0.1) is 23.7 Å². The van der Waals surface area contributed by atoms with Crippen LogP contribution in [0.5, 0.6) is 0 Å². The van der Waals surface area contributed by atoms with Crippen molar-refractivity contribution in [3.63, 3.8) is 0 Å². The largest absolute Gasteiger partial charge is 0.344 e. The van der Waals surface area contributed by atoms with Crippen molar-refractivity contribution in [1.29, 1.82) is 0 Å². The van der Waals surface area contributed by atoms with Crippen molar-refractivity contribution in [2.24, 2.45) is 30.7 Å². The number of amides is 7. The summed E-state index contributed by atoms with van der Waals surface area (Å²) in [6, 6.07) is 6.36. The quantitative estimate of drug-likeness (QED) is 0.0758. The van der Waals surface area contributed by atoms with Crippen molar-refractivity contribution in [1.82, 2.24) is 20.1 Å². The molecule has 7 amide bonds. The van der Waals surface area contributed by atoms with Gasteiger partial charge in [-0.15, -0.1) is 0 Å². The molecule has 54 heavy (non-hydrogen) atoms. The van der Waals surface area contributed by atoms with Crippen molar-refractivity contribution in [2.75, 3.05) is 22.5 Å². The Labute approximate surface area is 326 Å². The van der Waals surface area contributed by atoms with E-state index in [1.165, 1.54) is 4.90 Å². The van der Waals surface area contributed by atoms with Gasteiger partial charge in [-0.3, -0.25) is 38.5 Å². The van der Waals surface area contributed by atoms with Crippen molar-refractivity contribution >= 4 is 58.4 Å². The Kier molecular flexibility index (Phi) is 16.4. The lowest BCUT2D eigenvalue weighted by Crippen LogP contribution is -2.53. The van der Waals surface area contributed by atoms with Crippen molar-refractivity contribution in [2.45, 2.75) is 112 Å². The molecular weight excluding hydrogens is 690 g/mol. The highest BCUT2D eigenvalue weighted by Gasteiger charge is 2.39. The molecule has 14 nitrogen and oxygen atoms in total. The maximum absolute atomic E-state index is 13.1. The second kappa shape index (κ2) is 20.4. The molecule has 2 heterocycles. The molecule has 1 fully saturated rings. The summed E-state index contributed by atoms with van der Waals surface area (Å²) in [5.41, 5.74) is 1.84. The fourth-order valence-electron chi connectivity index (χ4n) is 6.18. The van der Waals surface area contributed by atoms with E-state index >= 15 is 0 Å². The Bertz CT molecular complexity index is 1670. The van der Waals surface area contributed by atoms with Crippen LogP contribution in [0.3, 0.4) is 0 Å². The molecule has 0 saturated carbocycles. The molecule has 0 bridgehead atoms. The first-order chi connectivity index (χ1) is 25.5. The highest BCUT2D eigenvalue weighted by Crippen LogP contribution is 2.26. The lowest BCUT2D eigenvalue weighted by Gasteiger charge is -2.24. The molecule has 1 aromatic heterocycles. The number of hydrogen-bond donors (Lipinski definition) is 5. The zero-order valence-electron chi connectivity index (χ0n) is 33.0. The number of nitrogens with zero attached hydrogens (tertiary/aromatic N) is 2. The minimum Gasteiger partial charge on any atom is -0.344 e. The third kappa shape index (κ3) is 13.1. The molecule has 1 aliphatic rings. The fraction of sp³-hybridized carbons (Fsp3) is 0.575. The number of carbonyl (C=O) groups is 7. The Balaban J connectivity index is -0.00000627. The van der Waals surface area contributed by atoms with E-state index in [1.807, 2.05) is 13.8 Å². The van der Waals surface area contributed by atoms with Gasteiger partial charge in [0.1, 0.15) is 17.8 Å². The van der Waals surface area contributed by atoms with Crippen molar-refractivity contribution in [3.05, 3.63) is 42.2 Å². The van der Waals surface area contributed by atoms with Crippen LogP contribution in [0.1, 0.15) is 117 Å². The summed E-state index contributed by atoms with van der Waals surface area (Å²) in [7, 11) is 1.72. The van der Waals surface area contributed by atoms with Crippen LogP contribution in [0.2, 0.25) is 0 Å². The van der Waals surface area contributed by atoms with Crippen molar-refractivity contribution in [3.8, 4) is 0 Å². The molecule has 3 rings (SSSR count). The zero-order valence-corrected chi connectivity index (χ0v) is 33.0. The molecule has 5 N–H and O–H groups in total. The summed E-state index contributed by atoms with van der Waals surface area (Å²) in [6.45, 7) is 13.6. The van der Waals surface area contributed by atoms with Gasteiger partial charge in [-0.05, 0) is 74.3 Å². The van der Waals surface area contributed by atoms with E-state index in [-0.39, 0.29) is 67.3 Å². The van der Waals surface area contributed by atoms with Gasteiger partial charge in [0.05, 0.1) is 5.69 Å². The van der Waals surface area contributed by atoms with Crippen LogP contribution in [-0.4, -0.2) is 69.4 Å². The molecule has 14 heteroatoms. The highest BCUT2D eigenvalue weighted by atomic mass is 16.2. The van der Waals surface area contributed by atoms with Gasteiger partial charge in [-0.2, -0.15) is 0 Å². The zero-order chi connectivity index (χ0) is 40.1. The summed E-state index contributed by atoms with van der Waals surface area (Å²) in [4.78, 5) is 90.1. The first-order valence-electron chi connectivity index (χ1n) is 19.1. The minimum absolute atomic E-state index is 0. The number of aryl methyl sites for hydroxylation is 1. The lowest BCUT2D eigenvalue weighted by molar-refractivity contribution is -0.140. The maximum atomic E-state index is 13.1. The lowest BCUT2D eigenvalue weighted by atomic mass is 9.94. The second-order valence-corrected chi connectivity index (χ2v) is 15.3. The van der Waals surface area contributed by atoms with Gasteiger partial charge in [0.2, 0.25) is 35.4 Å². The summed E-state index contributed by atoms with van der Waals surface area (Å²) in [6.07, 6.45) is 6.08. The smallest absolute Gasteiger partial charge is 0.272 e. The number of aromatic nitrogens is 1. The molecule has 1 aliphatic heterocycles. The third-order valence-electron chi connectivity index (χ3n) is 9.50. The number of anilines is 3. The normalized spacial score (nSPS) is 15.4. The number of hydrogen-bond acceptors (Lipinski definition) is 7. The molecular formula is C40H69N7O7. The number of unbranched alkanes of at least 4 members (excludes halogenated alkanes) is 2. The van der Waals surface area contributed by atoms with E-state index in [0.717, 1.165) is 12.8 Å². The van der Waals surface area contributed by atoms with Crippen LogP contribution in [0.25, 0.3) is 0 Å². The molecule has 306 valence electrons. The molecule has 1 aromatic carbocycles. The fourth-order valence-corrected chi connectivity index (χ4v) is 6.18. The van der Waals surface area contributed by atoms with Crippen LogP contribution >= 0.6 is 0 Å².